The largest absolute Gasteiger partial charge is 0.384 e. The molecule has 1 atom stereocenters. The van der Waals surface area contributed by atoms with Crippen LogP contribution in [0.3, 0.4) is 0 Å². The summed E-state index contributed by atoms with van der Waals surface area (Å²) in [5.41, 5.74) is 0.519. The van der Waals surface area contributed by atoms with E-state index in [1.807, 2.05) is 0 Å². The predicted octanol–water partition coefficient (Wildman–Crippen LogP) is 3.25. The lowest BCUT2D eigenvalue weighted by Gasteiger charge is -2.09. The van der Waals surface area contributed by atoms with E-state index in [1.54, 1.807) is 16.8 Å². The molecule has 0 radical (unpaired) electrons. The number of halogens is 3. The Kier molecular flexibility index (Phi) is 2.98. The number of hydrogen-bond donors (Lipinski definition) is 1. The standard InChI is InChI=1S/C11H7F3OS/c12-8-3-7(4-9(13)10(8)14)11(15)6-1-2-16-5-6/h1-5,11,15H/t11-/m0/s1. The number of rotatable bonds is 2. The van der Waals surface area contributed by atoms with Gasteiger partial charge in [-0.15, -0.1) is 0 Å². The summed E-state index contributed by atoms with van der Waals surface area (Å²) in [5, 5.41) is 13.2. The topological polar surface area (TPSA) is 20.2 Å². The molecule has 1 aromatic carbocycles. The Hall–Kier alpha value is -1.33. The lowest BCUT2D eigenvalue weighted by atomic mass is 10.0. The van der Waals surface area contributed by atoms with Crippen LogP contribution in [0.5, 0.6) is 0 Å². The highest BCUT2D eigenvalue weighted by Crippen LogP contribution is 2.26. The average molecular weight is 244 g/mol. The zero-order valence-corrected chi connectivity index (χ0v) is 8.77. The van der Waals surface area contributed by atoms with E-state index in [1.165, 1.54) is 11.3 Å². The molecular formula is C11H7F3OS. The molecule has 84 valence electrons. The van der Waals surface area contributed by atoms with Crippen LogP contribution in [0.1, 0.15) is 17.2 Å². The molecular weight excluding hydrogens is 237 g/mol. The minimum Gasteiger partial charge on any atom is -0.384 e. The summed E-state index contributed by atoms with van der Waals surface area (Å²) >= 11 is 1.35. The second-order valence-electron chi connectivity index (χ2n) is 3.26. The number of benzene rings is 1. The second kappa shape index (κ2) is 4.27. The van der Waals surface area contributed by atoms with Gasteiger partial charge in [0.15, 0.2) is 17.5 Å². The van der Waals surface area contributed by atoms with E-state index in [0.717, 1.165) is 12.1 Å². The molecule has 2 rings (SSSR count). The van der Waals surface area contributed by atoms with E-state index < -0.39 is 23.6 Å². The number of aliphatic hydroxyl groups is 1. The Labute approximate surface area is 93.8 Å². The third kappa shape index (κ3) is 1.96. The quantitative estimate of drug-likeness (QED) is 0.804. The molecule has 1 nitrogen and oxygen atoms in total. The Bertz CT molecular complexity index is 473. The highest BCUT2D eigenvalue weighted by Gasteiger charge is 2.17. The van der Waals surface area contributed by atoms with Crippen molar-refractivity contribution < 1.29 is 18.3 Å². The molecule has 0 bridgehead atoms. The minimum absolute atomic E-state index is 0.00481. The summed E-state index contributed by atoms with van der Waals surface area (Å²) in [6, 6.07) is 3.22. The lowest BCUT2D eigenvalue weighted by molar-refractivity contribution is 0.219. The van der Waals surface area contributed by atoms with Gasteiger partial charge in [0.2, 0.25) is 0 Å². The minimum atomic E-state index is -1.53. The molecule has 0 saturated heterocycles. The molecule has 0 amide bonds. The Morgan fingerprint density at radius 3 is 2.19 bits per heavy atom. The molecule has 2 aromatic rings. The van der Waals surface area contributed by atoms with Crippen LogP contribution < -0.4 is 0 Å². The molecule has 1 heterocycles. The number of aliphatic hydroxyl groups excluding tert-OH is 1. The Morgan fingerprint density at radius 2 is 1.69 bits per heavy atom. The van der Waals surface area contributed by atoms with Gasteiger partial charge in [0.05, 0.1) is 0 Å². The van der Waals surface area contributed by atoms with Crippen LogP contribution in [0.2, 0.25) is 0 Å². The van der Waals surface area contributed by atoms with Gasteiger partial charge in [-0.25, -0.2) is 13.2 Å². The molecule has 1 N–H and O–H groups in total. The molecule has 0 spiro atoms. The van der Waals surface area contributed by atoms with Crippen LogP contribution in [0.25, 0.3) is 0 Å². The maximum Gasteiger partial charge on any atom is 0.194 e. The number of thiophene rings is 1. The molecule has 5 heteroatoms. The lowest BCUT2D eigenvalue weighted by Crippen LogP contribution is -2.02. The van der Waals surface area contributed by atoms with Gasteiger partial charge in [-0.05, 0) is 40.1 Å². The molecule has 16 heavy (non-hydrogen) atoms. The zero-order valence-electron chi connectivity index (χ0n) is 7.95. The fourth-order valence-electron chi connectivity index (χ4n) is 1.36. The monoisotopic (exact) mass is 244 g/mol. The van der Waals surface area contributed by atoms with Gasteiger partial charge in [-0.3, -0.25) is 0 Å². The fraction of sp³-hybridized carbons (Fsp3) is 0.0909. The van der Waals surface area contributed by atoms with Gasteiger partial charge in [0, 0.05) is 0 Å². The van der Waals surface area contributed by atoms with Crippen molar-refractivity contribution in [1.82, 2.24) is 0 Å². The smallest absolute Gasteiger partial charge is 0.194 e. The van der Waals surface area contributed by atoms with Crippen LogP contribution in [-0.4, -0.2) is 5.11 Å². The van der Waals surface area contributed by atoms with Gasteiger partial charge in [0.25, 0.3) is 0 Å². The summed E-state index contributed by atoms with van der Waals surface area (Å²) in [6.07, 6.45) is -1.14. The van der Waals surface area contributed by atoms with E-state index >= 15 is 0 Å². The molecule has 0 aliphatic rings. The average Bonchev–Trinajstić information content (AvgIpc) is 2.77. The molecule has 0 aliphatic heterocycles. The van der Waals surface area contributed by atoms with E-state index in [0.29, 0.717) is 5.56 Å². The summed E-state index contributed by atoms with van der Waals surface area (Å²) in [7, 11) is 0. The zero-order chi connectivity index (χ0) is 11.7. The second-order valence-corrected chi connectivity index (χ2v) is 4.04. The first-order valence-corrected chi connectivity index (χ1v) is 5.38. The molecule has 0 unspecified atom stereocenters. The van der Waals surface area contributed by atoms with Crippen molar-refractivity contribution in [3.63, 3.8) is 0 Å². The molecule has 0 aliphatic carbocycles. The normalized spacial score (nSPS) is 12.8. The number of hydrogen-bond acceptors (Lipinski definition) is 2. The molecule has 1 aromatic heterocycles. The van der Waals surface area contributed by atoms with Gasteiger partial charge in [-0.2, -0.15) is 11.3 Å². The van der Waals surface area contributed by atoms with E-state index in [9.17, 15) is 18.3 Å². The van der Waals surface area contributed by atoms with Crippen molar-refractivity contribution >= 4 is 11.3 Å². The van der Waals surface area contributed by atoms with Crippen molar-refractivity contribution in [2.75, 3.05) is 0 Å². The Morgan fingerprint density at radius 1 is 1.06 bits per heavy atom. The maximum atomic E-state index is 12.9. The van der Waals surface area contributed by atoms with Crippen molar-refractivity contribution in [1.29, 1.82) is 0 Å². The van der Waals surface area contributed by atoms with Gasteiger partial charge >= 0.3 is 0 Å². The van der Waals surface area contributed by atoms with Crippen LogP contribution in [-0.2, 0) is 0 Å². The summed E-state index contributed by atoms with van der Waals surface area (Å²) in [5.74, 6) is -4.13. The van der Waals surface area contributed by atoms with Gasteiger partial charge < -0.3 is 5.11 Å². The van der Waals surface area contributed by atoms with E-state index in [-0.39, 0.29) is 5.56 Å². The first-order valence-electron chi connectivity index (χ1n) is 4.44. The van der Waals surface area contributed by atoms with Crippen LogP contribution in [0.15, 0.2) is 29.0 Å². The Balaban J connectivity index is 2.42. The van der Waals surface area contributed by atoms with Crippen molar-refractivity contribution in [2.45, 2.75) is 6.10 Å². The highest BCUT2D eigenvalue weighted by molar-refractivity contribution is 7.07. The SMILES string of the molecule is O[C@@H](c1ccsc1)c1cc(F)c(F)c(F)c1. The summed E-state index contributed by atoms with van der Waals surface area (Å²) in [6.45, 7) is 0. The van der Waals surface area contributed by atoms with E-state index in [4.69, 9.17) is 0 Å². The summed E-state index contributed by atoms with van der Waals surface area (Å²) in [4.78, 5) is 0. The third-order valence-corrected chi connectivity index (χ3v) is 2.88. The predicted molar refractivity (Wildman–Crippen MR) is 54.7 cm³/mol. The van der Waals surface area contributed by atoms with Crippen molar-refractivity contribution in [2.24, 2.45) is 0 Å². The van der Waals surface area contributed by atoms with Gasteiger partial charge in [-0.1, -0.05) is 0 Å². The van der Waals surface area contributed by atoms with Crippen LogP contribution >= 0.6 is 11.3 Å². The third-order valence-electron chi connectivity index (χ3n) is 2.18. The van der Waals surface area contributed by atoms with Crippen LogP contribution in [0, 0.1) is 17.5 Å². The first-order chi connectivity index (χ1) is 7.59. The van der Waals surface area contributed by atoms with Crippen molar-refractivity contribution in [3.8, 4) is 0 Å². The summed E-state index contributed by atoms with van der Waals surface area (Å²) < 4.78 is 38.5. The van der Waals surface area contributed by atoms with Crippen LogP contribution in [0.4, 0.5) is 13.2 Å². The van der Waals surface area contributed by atoms with Gasteiger partial charge in [0.1, 0.15) is 6.10 Å². The fourth-order valence-corrected chi connectivity index (χ4v) is 2.03. The highest BCUT2D eigenvalue weighted by atomic mass is 32.1. The first kappa shape index (κ1) is 11.2. The van der Waals surface area contributed by atoms with E-state index in [2.05, 4.69) is 0 Å². The molecule has 0 fully saturated rings. The maximum absolute atomic E-state index is 12.9. The molecule has 0 saturated carbocycles. The van der Waals surface area contributed by atoms with Crippen molar-refractivity contribution in [3.05, 3.63) is 57.5 Å².